The Balaban J connectivity index is 1.98. The highest BCUT2D eigenvalue weighted by Crippen LogP contribution is 2.37. The van der Waals surface area contributed by atoms with Gasteiger partial charge in [-0.25, -0.2) is 19.0 Å². The zero-order valence-corrected chi connectivity index (χ0v) is 20.1. The lowest BCUT2D eigenvalue weighted by Crippen LogP contribution is -2.44. The van der Waals surface area contributed by atoms with Crippen LogP contribution in [0.15, 0.2) is 40.1 Å². The summed E-state index contributed by atoms with van der Waals surface area (Å²) < 4.78 is 28.0. The van der Waals surface area contributed by atoms with Crippen LogP contribution in [0.5, 0.6) is 11.5 Å². The van der Waals surface area contributed by atoms with Crippen LogP contribution in [0.4, 0.5) is 14.9 Å². The first-order chi connectivity index (χ1) is 16.7. The highest BCUT2D eigenvalue weighted by Gasteiger charge is 2.22. The van der Waals surface area contributed by atoms with Crippen LogP contribution < -0.4 is 31.7 Å². The van der Waals surface area contributed by atoms with Crippen LogP contribution in [-0.2, 0) is 19.5 Å². The van der Waals surface area contributed by atoms with Gasteiger partial charge in [0.1, 0.15) is 11.3 Å². The number of benzene rings is 2. The molecule has 0 atom stereocenters. The van der Waals surface area contributed by atoms with Crippen molar-refractivity contribution in [1.82, 2.24) is 14.5 Å². The number of methoxy groups -OCH3 is 2. The van der Waals surface area contributed by atoms with E-state index in [9.17, 15) is 14.0 Å². The predicted molar refractivity (Wildman–Crippen MR) is 130 cm³/mol. The minimum absolute atomic E-state index is 0.153. The smallest absolute Gasteiger partial charge is 0.330 e. The van der Waals surface area contributed by atoms with E-state index in [4.69, 9.17) is 20.2 Å². The Labute approximate surface area is 201 Å². The zero-order valence-electron chi connectivity index (χ0n) is 20.1. The van der Waals surface area contributed by atoms with Gasteiger partial charge in [0, 0.05) is 31.3 Å². The molecule has 9 nitrogen and oxygen atoms in total. The van der Waals surface area contributed by atoms with Gasteiger partial charge in [-0.2, -0.15) is 0 Å². The number of nitrogens with two attached hydrogens (primary N) is 1. The van der Waals surface area contributed by atoms with Gasteiger partial charge in [0.2, 0.25) is 0 Å². The normalized spacial score (nSPS) is 12.7. The van der Waals surface area contributed by atoms with Crippen molar-refractivity contribution in [3.63, 3.8) is 0 Å². The molecule has 35 heavy (non-hydrogen) atoms. The number of ether oxygens (including phenoxy) is 2. The number of rotatable bonds is 6. The van der Waals surface area contributed by atoms with E-state index in [1.807, 2.05) is 18.2 Å². The molecular weight excluding hydrogens is 453 g/mol. The molecule has 0 fully saturated rings. The van der Waals surface area contributed by atoms with E-state index in [2.05, 4.69) is 5.32 Å². The Morgan fingerprint density at radius 3 is 2.40 bits per heavy atom. The van der Waals surface area contributed by atoms with Crippen LogP contribution in [0.1, 0.15) is 16.7 Å². The topological polar surface area (TPSA) is 113 Å². The van der Waals surface area contributed by atoms with Gasteiger partial charge in [0.15, 0.2) is 11.5 Å². The van der Waals surface area contributed by atoms with Crippen LogP contribution in [0.3, 0.4) is 0 Å². The van der Waals surface area contributed by atoms with Crippen molar-refractivity contribution in [2.75, 3.05) is 20.8 Å². The average molecular weight is 482 g/mol. The lowest BCUT2D eigenvalue weighted by Gasteiger charge is -2.24. The lowest BCUT2D eigenvalue weighted by atomic mass is 9.97. The molecule has 0 unspecified atom stereocenters. The molecule has 0 aliphatic carbocycles. The standard InChI is InChI=1S/C25H28FN5O4/c1-14-9-17(26)10-15(2)23(14)29-22-13-19-18-12-21(35-4)20(34-3)11-16(18)5-7-30(19)25(33)31(22)8-6-28-24(27)32/h9-13H,5-8H2,1-4H3,(H3,27,28,32)/b29-22+. The average Bonchev–Trinajstić information content (AvgIpc) is 2.81. The Kier molecular flexibility index (Phi) is 6.63. The maximum Gasteiger partial charge on any atom is 0.330 e. The van der Waals surface area contributed by atoms with Crippen molar-refractivity contribution in [3.8, 4) is 22.8 Å². The van der Waals surface area contributed by atoms with Gasteiger partial charge in [0.25, 0.3) is 0 Å². The summed E-state index contributed by atoms with van der Waals surface area (Å²) >= 11 is 0. The number of carbonyl (C=O) groups is 1. The zero-order chi connectivity index (χ0) is 25.3. The van der Waals surface area contributed by atoms with Crippen LogP contribution >= 0.6 is 0 Å². The molecular formula is C25H28FN5O4. The van der Waals surface area contributed by atoms with Gasteiger partial charge < -0.3 is 20.5 Å². The molecule has 2 heterocycles. The molecule has 184 valence electrons. The Morgan fingerprint density at radius 2 is 1.77 bits per heavy atom. The van der Waals surface area contributed by atoms with Gasteiger partial charge in [-0.1, -0.05) is 0 Å². The molecule has 0 bridgehead atoms. The van der Waals surface area contributed by atoms with Crippen molar-refractivity contribution in [3.05, 3.63) is 68.8 Å². The quantitative estimate of drug-likeness (QED) is 0.563. The van der Waals surface area contributed by atoms with Crippen LogP contribution in [0, 0.1) is 19.7 Å². The van der Waals surface area contributed by atoms with Gasteiger partial charge >= 0.3 is 11.7 Å². The van der Waals surface area contributed by atoms with Gasteiger partial charge in [-0.15, -0.1) is 0 Å². The number of primary amides is 1. The highest BCUT2D eigenvalue weighted by molar-refractivity contribution is 5.71. The van der Waals surface area contributed by atoms with E-state index in [1.165, 1.54) is 16.7 Å². The fourth-order valence-corrected chi connectivity index (χ4v) is 4.45. The third-order valence-electron chi connectivity index (χ3n) is 6.10. The molecule has 1 aromatic heterocycles. The number of fused-ring (bicyclic) bond motifs is 3. The minimum Gasteiger partial charge on any atom is -0.493 e. The maximum absolute atomic E-state index is 13.9. The molecule has 1 aliphatic heterocycles. The number of nitrogens with one attached hydrogen (secondary N) is 1. The summed E-state index contributed by atoms with van der Waals surface area (Å²) in [6, 6.07) is 7.74. The molecule has 0 radical (unpaired) electrons. The number of aryl methyl sites for hydroxylation is 3. The molecule has 2 aromatic carbocycles. The van der Waals surface area contributed by atoms with E-state index in [1.54, 1.807) is 32.6 Å². The second kappa shape index (κ2) is 9.65. The fourth-order valence-electron chi connectivity index (χ4n) is 4.45. The second-order valence-corrected chi connectivity index (χ2v) is 8.38. The van der Waals surface area contributed by atoms with Crippen LogP contribution in [0.2, 0.25) is 0 Å². The van der Waals surface area contributed by atoms with E-state index in [0.717, 1.165) is 11.1 Å². The molecule has 10 heteroatoms. The summed E-state index contributed by atoms with van der Waals surface area (Å²) in [5, 5.41) is 2.51. The molecule has 4 rings (SSSR count). The number of halogens is 1. The van der Waals surface area contributed by atoms with E-state index >= 15 is 0 Å². The molecule has 3 N–H and O–H groups in total. The highest BCUT2D eigenvalue weighted by atomic mass is 19.1. The fraction of sp³-hybridized carbons (Fsp3) is 0.320. The number of carbonyl (C=O) groups excluding carboxylic acids is 1. The first kappa shape index (κ1) is 24.1. The first-order valence-corrected chi connectivity index (χ1v) is 11.2. The summed E-state index contributed by atoms with van der Waals surface area (Å²) in [7, 11) is 3.14. The van der Waals surface area contributed by atoms with E-state index < -0.39 is 6.03 Å². The lowest BCUT2D eigenvalue weighted by molar-refractivity contribution is 0.248. The summed E-state index contributed by atoms with van der Waals surface area (Å²) in [6.07, 6.45) is 0.634. The molecule has 1 aliphatic rings. The second-order valence-electron chi connectivity index (χ2n) is 8.38. The molecule has 3 aromatic rings. The van der Waals surface area contributed by atoms with Crippen LogP contribution in [-0.4, -0.2) is 35.9 Å². The number of hydrogen-bond donors (Lipinski definition) is 2. The predicted octanol–water partition coefficient (Wildman–Crippen LogP) is 2.55. The number of urea groups is 1. The van der Waals surface area contributed by atoms with Gasteiger partial charge in [-0.05, 0) is 61.2 Å². The molecule has 0 saturated heterocycles. The minimum atomic E-state index is -0.678. The Morgan fingerprint density at radius 1 is 1.11 bits per heavy atom. The molecule has 0 saturated carbocycles. The SMILES string of the molecule is COc1cc2c(cc1OC)-c1c/c(=N\c3c(C)cc(F)cc3C)n(CCNC(N)=O)c(=O)n1CC2. The van der Waals surface area contributed by atoms with Gasteiger partial charge in [-0.3, -0.25) is 9.13 Å². The maximum atomic E-state index is 13.9. The van der Waals surface area contributed by atoms with Crippen LogP contribution in [0.25, 0.3) is 11.3 Å². The molecule has 2 amide bonds. The third kappa shape index (κ3) is 4.64. The van der Waals surface area contributed by atoms with E-state index in [-0.39, 0.29) is 24.6 Å². The Bertz CT molecular complexity index is 1420. The van der Waals surface area contributed by atoms with Crippen molar-refractivity contribution >= 4 is 11.7 Å². The van der Waals surface area contributed by atoms with Crippen molar-refractivity contribution < 1.29 is 18.7 Å². The third-order valence-corrected chi connectivity index (χ3v) is 6.10. The number of amides is 2. The number of aromatic nitrogens is 2. The van der Waals surface area contributed by atoms with Crippen molar-refractivity contribution in [2.24, 2.45) is 10.7 Å². The first-order valence-electron chi connectivity index (χ1n) is 11.2. The number of hydrogen-bond acceptors (Lipinski definition) is 5. The van der Waals surface area contributed by atoms with Crippen molar-refractivity contribution in [2.45, 2.75) is 33.4 Å². The summed E-state index contributed by atoms with van der Waals surface area (Å²) in [6.45, 7) is 4.32. The number of nitrogens with zero attached hydrogens (tertiary/aromatic N) is 3. The van der Waals surface area contributed by atoms with Gasteiger partial charge in [0.05, 0.1) is 25.6 Å². The summed E-state index contributed by atoms with van der Waals surface area (Å²) in [5.74, 6) is 0.823. The Hall–Kier alpha value is -4.08. The van der Waals surface area contributed by atoms with Crippen molar-refractivity contribution in [1.29, 1.82) is 0 Å². The molecule has 0 spiro atoms. The summed E-state index contributed by atoms with van der Waals surface area (Å²) in [4.78, 5) is 29.6. The monoisotopic (exact) mass is 481 g/mol. The van der Waals surface area contributed by atoms with E-state index in [0.29, 0.717) is 52.5 Å². The largest absolute Gasteiger partial charge is 0.493 e. The summed E-state index contributed by atoms with van der Waals surface area (Å²) in [5.41, 5.74) is 9.74.